The van der Waals surface area contributed by atoms with Crippen molar-refractivity contribution < 1.29 is 0 Å². The average molecular weight is 685 g/mol. The predicted octanol–water partition coefficient (Wildman–Crippen LogP) is 11.9. The number of anilines is 6. The number of rotatable bonds is 4. The normalized spacial score (nSPS) is 15.1. The summed E-state index contributed by atoms with van der Waals surface area (Å²) in [6.07, 6.45) is 6.50. The van der Waals surface area contributed by atoms with E-state index in [9.17, 15) is 0 Å². The summed E-state index contributed by atoms with van der Waals surface area (Å²) in [5, 5.41) is 2.68. The van der Waals surface area contributed by atoms with Crippen molar-refractivity contribution in [3.8, 4) is 11.1 Å². The fraction of sp³-hybridized carbons (Fsp3) is 0.125. The maximum absolute atomic E-state index is 2.57. The summed E-state index contributed by atoms with van der Waals surface area (Å²) >= 11 is 1.89. The lowest BCUT2D eigenvalue weighted by Crippen LogP contribution is -2.61. The van der Waals surface area contributed by atoms with E-state index < -0.39 is 0 Å². The molecule has 3 aliphatic rings. The number of nitrogens with zero attached hydrogens (tertiary/aromatic N) is 2. The molecule has 4 heteroatoms. The molecule has 11 rings (SSSR count). The zero-order valence-corrected chi connectivity index (χ0v) is 29.8. The van der Waals surface area contributed by atoms with E-state index in [4.69, 9.17) is 0 Å². The fourth-order valence-electron chi connectivity index (χ4n) is 9.44. The van der Waals surface area contributed by atoms with Crippen LogP contribution < -0.4 is 26.2 Å². The molecule has 1 aliphatic carbocycles. The molecule has 0 saturated heterocycles. The van der Waals surface area contributed by atoms with Gasteiger partial charge in [-0.05, 0) is 113 Å². The molecule has 3 heterocycles. The number of benzene rings is 7. The van der Waals surface area contributed by atoms with Gasteiger partial charge in [0, 0.05) is 54.3 Å². The van der Waals surface area contributed by atoms with Crippen molar-refractivity contribution in [1.82, 2.24) is 0 Å². The van der Waals surface area contributed by atoms with E-state index in [0.717, 1.165) is 0 Å². The van der Waals surface area contributed by atoms with Gasteiger partial charge in [0.15, 0.2) is 0 Å². The van der Waals surface area contributed by atoms with Gasteiger partial charge in [-0.3, -0.25) is 0 Å². The highest BCUT2D eigenvalue weighted by atomic mass is 32.1. The van der Waals surface area contributed by atoms with Crippen LogP contribution in [0.5, 0.6) is 0 Å². The van der Waals surface area contributed by atoms with Crippen LogP contribution in [0.15, 0.2) is 158 Å². The van der Waals surface area contributed by atoms with Crippen LogP contribution in [0.3, 0.4) is 0 Å². The van der Waals surface area contributed by atoms with Crippen molar-refractivity contribution in [2.45, 2.75) is 38.0 Å². The first-order valence-corrected chi connectivity index (χ1v) is 19.6. The van der Waals surface area contributed by atoms with Gasteiger partial charge in [0.2, 0.25) is 0 Å². The monoisotopic (exact) mass is 684 g/mol. The molecular formula is C48H37BN2S. The highest BCUT2D eigenvalue weighted by Gasteiger charge is 2.43. The topological polar surface area (TPSA) is 6.48 Å². The van der Waals surface area contributed by atoms with Gasteiger partial charge in [-0.2, -0.15) is 0 Å². The molecule has 1 saturated carbocycles. The Labute approximate surface area is 309 Å². The van der Waals surface area contributed by atoms with E-state index in [2.05, 4.69) is 168 Å². The highest BCUT2D eigenvalue weighted by Crippen LogP contribution is 2.47. The van der Waals surface area contributed by atoms with E-state index in [-0.39, 0.29) is 6.71 Å². The van der Waals surface area contributed by atoms with Crippen LogP contribution in [0.25, 0.3) is 31.3 Å². The maximum atomic E-state index is 2.57. The zero-order chi connectivity index (χ0) is 34.2. The van der Waals surface area contributed by atoms with Crippen LogP contribution in [0.1, 0.15) is 43.6 Å². The summed E-state index contributed by atoms with van der Waals surface area (Å²) < 4.78 is 2.68. The van der Waals surface area contributed by atoms with E-state index in [1.165, 1.54) is 119 Å². The number of thiophene rings is 1. The van der Waals surface area contributed by atoms with Crippen LogP contribution in [0.4, 0.5) is 34.1 Å². The van der Waals surface area contributed by atoms with E-state index >= 15 is 0 Å². The van der Waals surface area contributed by atoms with Crippen molar-refractivity contribution in [2.75, 3.05) is 9.80 Å². The molecule has 0 radical (unpaired) electrons. The summed E-state index contributed by atoms with van der Waals surface area (Å²) in [6, 6.07) is 59.4. The molecular weight excluding hydrogens is 647 g/mol. The van der Waals surface area contributed by atoms with Gasteiger partial charge < -0.3 is 9.80 Å². The second-order valence-corrected chi connectivity index (χ2v) is 15.8. The van der Waals surface area contributed by atoms with Gasteiger partial charge >= 0.3 is 0 Å². The van der Waals surface area contributed by atoms with E-state index in [1.807, 2.05) is 11.3 Å². The molecule has 1 fully saturated rings. The third-order valence-electron chi connectivity index (χ3n) is 11.8. The summed E-state index contributed by atoms with van der Waals surface area (Å²) in [5.41, 5.74) is 15.7. The summed E-state index contributed by atoms with van der Waals surface area (Å²) in [4.78, 5) is 5.11. The molecule has 0 spiro atoms. The van der Waals surface area contributed by atoms with Crippen LogP contribution in [-0.2, 0) is 0 Å². The summed E-state index contributed by atoms with van der Waals surface area (Å²) in [6.45, 7) is 0.101. The molecule has 1 aromatic heterocycles. The molecule has 0 atom stereocenters. The Morgan fingerprint density at radius 3 is 1.81 bits per heavy atom. The van der Waals surface area contributed by atoms with Crippen LogP contribution in [0, 0.1) is 0 Å². The Balaban J connectivity index is 1.18. The largest absolute Gasteiger partial charge is 0.311 e. The minimum atomic E-state index is 0.101. The Morgan fingerprint density at radius 2 is 1.06 bits per heavy atom. The van der Waals surface area contributed by atoms with Crippen molar-refractivity contribution >= 4 is 88.7 Å². The van der Waals surface area contributed by atoms with E-state index in [1.54, 1.807) is 0 Å². The Morgan fingerprint density at radius 1 is 0.462 bits per heavy atom. The smallest absolute Gasteiger partial charge is 0.252 e. The molecule has 2 aliphatic heterocycles. The Bertz CT molecular complexity index is 2620. The summed E-state index contributed by atoms with van der Waals surface area (Å²) in [7, 11) is 0. The molecule has 8 aromatic rings. The van der Waals surface area contributed by atoms with Gasteiger partial charge in [-0.15, -0.1) is 11.3 Å². The molecule has 248 valence electrons. The number of hydrogen-bond donors (Lipinski definition) is 0. The number of para-hydroxylation sites is 3. The van der Waals surface area contributed by atoms with Crippen molar-refractivity contribution in [3.05, 3.63) is 163 Å². The lowest BCUT2D eigenvalue weighted by Gasteiger charge is -2.45. The molecule has 0 amide bonds. The summed E-state index contributed by atoms with van der Waals surface area (Å²) in [5.74, 6) is 0.578. The quantitative estimate of drug-likeness (QED) is 0.170. The molecule has 0 unspecified atom stereocenters. The molecule has 0 N–H and O–H groups in total. The van der Waals surface area contributed by atoms with Gasteiger partial charge in [0.05, 0.1) is 0 Å². The van der Waals surface area contributed by atoms with Gasteiger partial charge in [-0.1, -0.05) is 116 Å². The molecule has 52 heavy (non-hydrogen) atoms. The highest BCUT2D eigenvalue weighted by molar-refractivity contribution is 7.25. The van der Waals surface area contributed by atoms with Crippen molar-refractivity contribution in [3.63, 3.8) is 0 Å². The van der Waals surface area contributed by atoms with Crippen LogP contribution >= 0.6 is 11.3 Å². The average Bonchev–Trinajstić information content (AvgIpc) is 3.59. The predicted molar refractivity (Wildman–Crippen MR) is 225 cm³/mol. The third kappa shape index (κ3) is 4.64. The van der Waals surface area contributed by atoms with Crippen molar-refractivity contribution in [1.29, 1.82) is 0 Å². The minimum absolute atomic E-state index is 0.101. The van der Waals surface area contributed by atoms with Gasteiger partial charge in [0.1, 0.15) is 0 Å². The molecule has 0 bridgehead atoms. The van der Waals surface area contributed by atoms with Crippen LogP contribution in [-0.4, -0.2) is 6.71 Å². The zero-order valence-electron chi connectivity index (χ0n) is 29.0. The first-order chi connectivity index (χ1) is 25.8. The third-order valence-corrected chi connectivity index (χ3v) is 12.9. The number of fused-ring (bicyclic) bond motifs is 7. The first-order valence-electron chi connectivity index (χ1n) is 18.8. The second kappa shape index (κ2) is 12.0. The SMILES string of the molecule is c1ccc(N2c3ccccc3B3c4cc(-c5ccc6c(c5)sc5ccccc56)ccc4N(c4ccccc4)c4cc(C5CCCCC5)cc2c43)cc1. The molecule has 2 nitrogen and oxygen atoms in total. The van der Waals surface area contributed by atoms with Gasteiger partial charge in [0.25, 0.3) is 6.71 Å². The lowest BCUT2D eigenvalue weighted by molar-refractivity contribution is 0.444. The molecule has 7 aromatic carbocycles. The second-order valence-electron chi connectivity index (χ2n) is 14.7. The lowest BCUT2D eigenvalue weighted by atomic mass is 9.33. The number of hydrogen-bond acceptors (Lipinski definition) is 3. The van der Waals surface area contributed by atoms with Crippen LogP contribution in [0.2, 0.25) is 0 Å². The van der Waals surface area contributed by atoms with Crippen molar-refractivity contribution in [2.24, 2.45) is 0 Å². The van der Waals surface area contributed by atoms with E-state index in [0.29, 0.717) is 5.92 Å². The minimum Gasteiger partial charge on any atom is -0.311 e. The Hall–Kier alpha value is -5.58. The fourth-order valence-corrected chi connectivity index (χ4v) is 10.6. The first kappa shape index (κ1) is 30.1. The standard InChI is InChI=1S/C48H37BN2S/c1-4-14-32(15-5-1)35-29-44-48-45(30-35)51(37-18-8-3-9-19-37)43-27-25-33(34-24-26-39-38-20-10-13-23-46(38)52-47(39)31-34)28-41(43)49(48)40-21-11-12-22-42(40)50(44)36-16-6-2-7-17-36/h2-3,6-13,16-32H,1,4-5,14-15H2. The Kier molecular flexibility index (Phi) is 6.94. The maximum Gasteiger partial charge on any atom is 0.252 e. The van der Waals surface area contributed by atoms with Gasteiger partial charge in [-0.25, -0.2) is 0 Å².